The van der Waals surface area contributed by atoms with Crippen molar-refractivity contribution in [3.63, 3.8) is 0 Å². The number of benzene rings is 3. The number of carbonyl (C=O) groups is 1. The van der Waals surface area contributed by atoms with Crippen molar-refractivity contribution in [3.05, 3.63) is 118 Å². The number of fused-ring (bicyclic) bond motifs is 1. The molecule has 0 aliphatic carbocycles. The maximum absolute atomic E-state index is 14.4. The van der Waals surface area contributed by atoms with Gasteiger partial charge in [0.05, 0.1) is 23.0 Å². The quantitative estimate of drug-likeness (QED) is 0.252. The molecule has 0 radical (unpaired) electrons. The summed E-state index contributed by atoms with van der Waals surface area (Å²) in [4.78, 5) is 36.6. The van der Waals surface area contributed by atoms with E-state index >= 15 is 0 Å². The molecule has 226 valence electrons. The lowest BCUT2D eigenvalue weighted by atomic mass is 10.0. The van der Waals surface area contributed by atoms with E-state index in [2.05, 4.69) is 9.88 Å². The molecule has 0 saturated carbocycles. The normalized spacial score (nSPS) is 14.5. The average molecular weight is 632 g/mol. The molecule has 0 N–H and O–H groups in total. The third kappa shape index (κ3) is 5.56. The molecule has 0 bridgehead atoms. The van der Waals surface area contributed by atoms with Crippen LogP contribution in [0.4, 0.5) is 5.69 Å². The van der Waals surface area contributed by atoms with Crippen LogP contribution in [0.25, 0.3) is 11.0 Å². The molecular weight excluding hydrogens is 602 g/mol. The minimum absolute atomic E-state index is 0.0902. The lowest BCUT2D eigenvalue weighted by Crippen LogP contribution is -2.51. The monoisotopic (exact) mass is 631 g/mol. The SMILES string of the molecule is COc1ccc(S(=O)(=O)n2c(=O)n(C(Cc3ccccc3)C(=O)N3CCN(c4ccncc4)CC3)c3cc(Cl)ccc32)cc1. The fourth-order valence-electron chi connectivity index (χ4n) is 5.63. The van der Waals surface area contributed by atoms with Crippen LogP contribution in [0.5, 0.6) is 5.75 Å². The first-order chi connectivity index (χ1) is 21.3. The number of piperazine rings is 1. The van der Waals surface area contributed by atoms with Crippen LogP contribution in [0.2, 0.25) is 5.02 Å². The van der Waals surface area contributed by atoms with Gasteiger partial charge < -0.3 is 14.5 Å². The molecule has 1 fully saturated rings. The van der Waals surface area contributed by atoms with Crippen LogP contribution in [-0.2, 0) is 21.2 Å². The summed E-state index contributed by atoms with van der Waals surface area (Å²) in [5.41, 5.74) is 1.38. The van der Waals surface area contributed by atoms with Crippen LogP contribution in [-0.4, -0.2) is 66.0 Å². The van der Waals surface area contributed by atoms with Gasteiger partial charge in [0, 0.05) is 55.7 Å². The highest BCUT2D eigenvalue weighted by Crippen LogP contribution is 2.28. The first-order valence-electron chi connectivity index (χ1n) is 14.1. The zero-order valence-electron chi connectivity index (χ0n) is 23.9. The van der Waals surface area contributed by atoms with E-state index in [9.17, 15) is 18.0 Å². The van der Waals surface area contributed by atoms with Crippen molar-refractivity contribution in [2.24, 2.45) is 0 Å². The fourth-order valence-corrected chi connectivity index (χ4v) is 7.19. The number of rotatable bonds is 8. The van der Waals surface area contributed by atoms with Crippen molar-refractivity contribution < 1.29 is 17.9 Å². The fraction of sp³-hybridized carbons (Fsp3) is 0.219. The van der Waals surface area contributed by atoms with Gasteiger partial charge in [-0.2, -0.15) is 3.97 Å². The van der Waals surface area contributed by atoms with Crippen LogP contribution in [0.3, 0.4) is 0 Å². The number of halogens is 1. The molecular formula is C32H30ClN5O5S. The van der Waals surface area contributed by atoms with Crippen molar-refractivity contribution >= 4 is 44.3 Å². The lowest BCUT2D eigenvalue weighted by molar-refractivity contribution is -0.135. The molecule has 5 aromatic rings. The molecule has 12 heteroatoms. The molecule has 6 rings (SSSR count). The van der Waals surface area contributed by atoms with E-state index in [1.807, 2.05) is 42.5 Å². The summed E-state index contributed by atoms with van der Waals surface area (Å²) in [6.45, 7) is 2.07. The lowest BCUT2D eigenvalue weighted by Gasteiger charge is -2.37. The Morgan fingerprint density at radius 3 is 2.25 bits per heavy atom. The number of hydrogen-bond acceptors (Lipinski definition) is 7. The highest BCUT2D eigenvalue weighted by Gasteiger charge is 2.34. The second kappa shape index (κ2) is 12.2. The maximum Gasteiger partial charge on any atom is 0.344 e. The van der Waals surface area contributed by atoms with Crippen LogP contribution in [0.15, 0.2) is 107 Å². The van der Waals surface area contributed by atoms with Gasteiger partial charge in [-0.05, 0) is 60.2 Å². The molecule has 1 aliphatic rings. The molecule has 1 amide bonds. The van der Waals surface area contributed by atoms with Gasteiger partial charge in [-0.25, -0.2) is 13.2 Å². The number of carbonyl (C=O) groups excluding carboxylic acids is 1. The van der Waals surface area contributed by atoms with Crippen molar-refractivity contribution in [1.82, 2.24) is 18.4 Å². The Bertz CT molecular complexity index is 1950. The van der Waals surface area contributed by atoms with E-state index in [-0.39, 0.29) is 28.3 Å². The average Bonchev–Trinajstić information content (AvgIpc) is 3.35. The molecule has 1 aliphatic heterocycles. The number of amides is 1. The first-order valence-corrected chi connectivity index (χ1v) is 15.9. The van der Waals surface area contributed by atoms with Gasteiger partial charge in [-0.1, -0.05) is 41.9 Å². The second-order valence-electron chi connectivity index (χ2n) is 10.5. The number of pyridine rings is 1. The summed E-state index contributed by atoms with van der Waals surface area (Å²) in [5.74, 6) is 0.203. The number of methoxy groups -OCH3 is 1. The minimum Gasteiger partial charge on any atom is -0.497 e. The number of anilines is 1. The number of nitrogens with zero attached hydrogens (tertiary/aromatic N) is 5. The molecule has 1 unspecified atom stereocenters. The number of ether oxygens (including phenoxy) is 1. The van der Waals surface area contributed by atoms with Gasteiger partial charge >= 0.3 is 5.69 Å². The van der Waals surface area contributed by atoms with Crippen LogP contribution < -0.4 is 15.3 Å². The van der Waals surface area contributed by atoms with Gasteiger partial charge in [0.25, 0.3) is 10.0 Å². The van der Waals surface area contributed by atoms with Gasteiger partial charge in [0.15, 0.2) is 0 Å². The number of imidazole rings is 1. The van der Waals surface area contributed by atoms with Crippen molar-refractivity contribution in [3.8, 4) is 5.75 Å². The molecule has 3 aromatic carbocycles. The minimum atomic E-state index is -4.36. The van der Waals surface area contributed by atoms with Gasteiger partial charge in [-0.15, -0.1) is 0 Å². The first kappa shape index (κ1) is 29.5. The van der Waals surface area contributed by atoms with Gasteiger partial charge in [-0.3, -0.25) is 14.3 Å². The van der Waals surface area contributed by atoms with E-state index in [1.54, 1.807) is 17.3 Å². The summed E-state index contributed by atoms with van der Waals surface area (Å²) in [6.07, 6.45) is 3.64. The summed E-state index contributed by atoms with van der Waals surface area (Å²) in [5, 5.41) is 0.308. The van der Waals surface area contributed by atoms with E-state index < -0.39 is 21.8 Å². The van der Waals surface area contributed by atoms with Crippen LogP contribution >= 0.6 is 11.6 Å². The molecule has 1 atom stereocenters. The topological polar surface area (TPSA) is 107 Å². The van der Waals surface area contributed by atoms with E-state index in [0.717, 1.165) is 15.2 Å². The zero-order chi connectivity index (χ0) is 30.8. The number of aromatic nitrogens is 3. The predicted molar refractivity (Wildman–Crippen MR) is 169 cm³/mol. The Morgan fingerprint density at radius 2 is 1.59 bits per heavy atom. The molecule has 3 heterocycles. The Morgan fingerprint density at radius 1 is 0.909 bits per heavy atom. The standard InChI is InChI=1S/C32H30ClN5O5S/c1-43-26-8-10-27(11-9-26)44(41,42)38-28-12-7-24(33)22-29(28)37(32(38)40)30(21-23-5-3-2-4-6-23)31(39)36-19-17-35(18-20-36)25-13-15-34-16-14-25/h2-16,22,30H,17-21H2,1H3. The summed E-state index contributed by atoms with van der Waals surface area (Å²) in [7, 11) is -2.88. The largest absolute Gasteiger partial charge is 0.497 e. The Kier molecular flexibility index (Phi) is 8.15. The Labute approximate surface area is 259 Å². The van der Waals surface area contributed by atoms with Crippen molar-refractivity contribution in [2.75, 3.05) is 38.2 Å². The number of hydrogen-bond donors (Lipinski definition) is 0. The predicted octanol–water partition coefficient (Wildman–Crippen LogP) is 4.23. The van der Waals surface area contributed by atoms with Gasteiger partial charge in [0.2, 0.25) is 5.91 Å². The third-order valence-electron chi connectivity index (χ3n) is 7.88. The molecule has 0 spiro atoms. The Balaban J connectivity index is 1.44. The highest BCUT2D eigenvalue weighted by molar-refractivity contribution is 7.90. The molecule has 44 heavy (non-hydrogen) atoms. The van der Waals surface area contributed by atoms with Crippen LogP contribution in [0, 0.1) is 0 Å². The van der Waals surface area contributed by atoms with Crippen molar-refractivity contribution in [1.29, 1.82) is 0 Å². The molecule has 2 aromatic heterocycles. The summed E-state index contributed by atoms with van der Waals surface area (Å²) >= 11 is 6.39. The third-order valence-corrected chi connectivity index (χ3v) is 9.82. The molecule has 10 nitrogen and oxygen atoms in total. The molecule has 1 saturated heterocycles. The zero-order valence-corrected chi connectivity index (χ0v) is 25.5. The maximum atomic E-state index is 14.4. The smallest absolute Gasteiger partial charge is 0.344 e. The van der Waals surface area contributed by atoms with Crippen LogP contribution in [0.1, 0.15) is 11.6 Å². The second-order valence-corrected chi connectivity index (χ2v) is 12.7. The van der Waals surface area contributed by atoms with E-state index in [1.165, 1.54) is 54.1 Å². The summed E-state index contributed by atoms with van der Waals surface area (Å²) in [6, 6.07) is 22.5. The van der Waals surface area contributed by atoms with Crippen molar-refractivity contribution in [2.45, 2.75) is 17.4 Å². The van der Waals surface area contributed by atoms with E-state index in [0.29, 0.717) is 37.0 Å². The summed E-state index contributed by atoms with van der Waals surface area (Å²) < 4.78 is 35.1. The van der Waals surface area contributed by atoms with E-state index in [4.69, 9.17) is 16.3 Å². The van der Waals surface area contributed by atoms with Gasteiger partial charge in [0.1, 0.15) is 11.8 Å². The highest BCUT2D eigenvalue weighted by atomic mass is 35.5. The Hall–Kier alpha value is -4.61.